The zero-order chi connectivity index (χ0) is 10.9. The Morgan fingerprint density at radius 3 is 2.60 bits per heavy atom. The molecule has 0 fully saturated rings. The van der Waals surface area contributed by atoms with E-state index < -0.39 is 0 Å². The summed E-state index contributed by atoms with van der Waals surface area (Å²) in [7, 11) is 0. The van der Waals surface area contributed by atoms with Crippen LogP contribution in [-0.4, -0.2) is 0 Å². The quantitative estimate of drug-likeness (QED) is 0.458. The van der Waals surface area contributed by atoms with Crippen molar-refractivity contribution in [3.8, 4) is 0 Å². The summed E-state index contributed by atoms with van der Waals surface area (Å²) in [5, 5.41) is 0. The topological polar surface area (TPSA) is 0 Å². The van der Waals surface area contributed by atoms with E-state index >= 15 is 0 Å². The molecule has 2 unspecified atom stereocenters. The molecule has 1 aromatic rings. The Morgan fingerprint density at radius 1 is 1.20 bits per heavy atom. The second kappa shape index (κ2) is 8.97. The van der Waals surface area contributed by atoms with Crippen LogP contribution >= 0.6 is 4.14 Å². The summed E-state index contributed by atoms with van der Waals surface area (Å²) in [4.78, 5) is 0. The second-order valence-electron chi connectivity index (χ2n) is 3.63. The van der Waals surface area contributed by atoms with Crippen molar-refractivity contribution in [3.63, 3.8) is 0 Å². The summed E-state index contributed by atoms with van der Waals surface area (Å²) in [5.74, 6) is 0. The van der Waals surface area contributed by atoms with E-state index in [0.29, 0.717) is 0 Å². The minimum atomic E-state index is 0.776. The molecule has 0 aliphatic carbocycles. The molecule has 1 aromatic carbocycles. The molecular weight excluding hydrogens is 362 g/mol. The first-order valence-electron chi connectivity index (χ1n) is 5.58. The SMILES string of the molecule is CCCC[CH2][Lu][PH]C(C)c1ccccc1. The van der Waals surface area contributed by atoms with Gasteiger partial charge in [0, 0.05) is 0 Å². The molecule has 0 spiro atoms. The maximum absolute atomic E-state index is 2.37. The van der Waals surface area contributed by atoms with Crippen LogP contribution in [-0.2, 0) is 0 Å². The average Bonchev–Trinajstić information content (AvgIpc) is 2.30. The molecule has 0 radical (unpaired) electrons. The molecule has 0 aliphatic heterocycles. The van der Waals surface area contributed by atoms with Crippen LogP contribution in [0.5, 0.6) is 0 Å². The Kier molecular flexibility index (Phi) is 8.34. The monoisotopic (exact) mass is 383 g/mol. The van der Waals surface area contributed by atoms with Gasteiger partial charge in [-0.25, -0.2) is 0 Å². The first-order valence-corrected chi connectivity index (χ1v) is 10.1. The van der Waals surface area contributed by atoms with Gasteiger partial charge in [0.05, 0.1) is 0 Å². The van der Waals surface area contributed by atoms with Crippen LogP contribution in [0.4, 0.5) is 0 Å². The summed E-state index contributed by atoms with van der Waals surface area (Å²) in [6.45, 7) is 4.64. The first-order chi connectivity index (χ1) is 7.34. The van der Waals surface area contributed by atoms with Crippen LogP contribution in [0.3, 0.4) is 0 Å². The number of hydrogen-bond acceptors (Lipinski definition) is 0. The predicted octanol–water partition coefficient (Wildman–Crippen LogP) is 5.03. The normalized spacial score (nSPS) is 13.7. The molecule has 2 heteroatoms. The first kappa shape index (κ1) is 13.9. The third-order valence-electron chi connectivity index (χ3n) is 2.22. The third-order valence-corrected chi connectivity index (χ3v) is 8.01. The van der Waals surface area contributed by atoms with Gasteiger partial charge in [-0.15, -0.1) is 0 Å². The van der Waals surface area contributed by atoms with Gasteiger partial charge >= 0.3 is 114 Å². The van der Waals surface area contributed by atoms with Gasteiger partial charge in [0.25, 0.3) is 0 Å². The third kappa shape index (κ3) is 6.25. The fraction of sp³-hybridized carbons (Fsp3) is 0.538. The number of hydrogen-bond donors (Lipinski definition) is 0. The van der Waals surface area contributed by atoms with E-state index in [-0.39, 0.29) is 0 Å². The molecule has 0 saturated heterocycles. The summed E-state index contributed by atoms with van der Waals surface area (Å²) in [6, 6.07) is 10.9. The van der Waals surface area contributed by atoms with Crippen molar-refractivity contribution in [2.24, 2.45) is 0 Å². The van der Waals surface area contributed by atoms with Gasteiger partial charge in [0.15, 0.2) is 0 Å². The van der Waals surface area contributed by atoms with Crippen LogP contribution in [0, 0.1) is 32.3 Å². The molecular formula is C13H21LuP. The fourth-order valence-electron chi connectivity index (χ4n) is 1.26. The Morgan fingerprint density at radius 2 is 1.93 bits per heavy atom. The van der Waals surface area contributed by atoms with Gasteiger partial charge in [-0.2, -0.15) is 0 Å². The molecule has 2 atom stereocenters. The molecule has 0 N–H and O–H groups in total. The van der Waals surface area contributed by atoms with Gasteiger partial charge in [-0.05, 0) is 0 Å². The van der Waals surface area contributed by atoms with Crippen molar-refractivity contribution in [3.05, 3.63) is 35.9 Å². The van der Waals surface area contributed by atoms with Crippen LogP contribution in [0.2, 0.25) is 2.64 Å². The van der Waals surface area contributed by atoms with Crippen LogP contribution < -0.4 is 0 Å². The van der Waals surface area contributed by atoms with Crippen molar-refractivity contribution in [1.82, 2.24) is 0 Å². The van der Waals surface area contributed by atoms with E-state index in [1.54, 1.807) is 0 Å². The number of unbranched alkanes of at least 4 members (excludes halogenated alkanes) is 2. The predicted molar refractivity (Wildman–Crippen MR) is 67.5 cm³/mol. The van der Waals surface area contributed by atoms with Crippen LogP contribution in [0.1, 0.15) is 44.3 Å². The fourth-order valence-corrected chi connectivity index (χ4v) is 6.22. The molecule has 0 nitrogen and oxygen atoms in total. The Balaban J connectivity index is 2.16. The van der Waals surface area contributed by atoms with E-state index in [0.717, 1.165) is 42.1 Å². The van der Waals surface area contributed by atoms with Crippen molar-refractivity contribution in [2.75, 3.05) is 0 Å². The Hall–Kier alpha value is 0.884. The van der Waals surface area contributed by atoms with Gasteiger partial charge in [-0.3, -0.25) is 0 Å². The van der Waals surface area contributed by atoms with Crippen molar-refractivity contribution >= 4 is 4.14 Å². The van der Waals surface area contributed by atoms with Gasteiger partial charge in [-0.1, -0.05) is 0 Å². The maximum atomic E-state index is 2.37. The second-order valence-corrected chi connectivity index (χ2v) is 8.85. The summed E-state index contributed by atoms with van der Waals surface area (Å²) in [6.07, 6.45) is 4.21. The van der Waals surface area contributed by atoms with Gasteiger partial charge < -0.3 is 0 Å². The Bertz CT molecular complexity index is 248. The van der Waals surface area contributed by atoms with E-state index in [1.807, 2.05) is 0 Å². The van der Waals surface area contributed by atoms with E-state index in [2.05, 4.69) is 44.2 Å². The zero-order valence-electron chi connectivity index (χ0n) is 9.55. The zero-order valence-corrected chi connectivity index (χ0v) is 12.2. The van der Waals surface area contributed by atoms with Crippen molar-refractivity contribution in [2.45, 2.75) is 41.4 Å². The molecule has 15 heavy (non-hydrogen) atoms. The van der Waals surface area contributed by atoms with E-state index in [9.17, 15) is 0 Å². The molecule has 1 rings (SSSR count). The molecule has 0 aliphatic rings. The van der Waals surface area contributed by atoms with Crippen LogP contribution in [0.15, 0.2) is 30.3 Å². The standard InChI is InChI=1S/C8H10P.C5H11.Lu/c1-7(9)8-5-3-2-4-6-8;1-3-5-4-2;/h2-7,9H,1H3;1,3-5H2,2H3;/q-1;;+1. The van der Waals surface area contributed by atoms with Gasteiger partial charge in [0.2, 0.25) is 0 Å². The van der Waals surface area contributed by atoms with Crippen molar-refractivity contribution < 1.29 is 32.3 Å². The number of benzene rings is 1. The number of rotatable bonds is 7. The average molecular weight is 383 g/mol. The molecule has 0 saturated carbocycles. The Labute approximate surface area is 113 Å². The summed E-state index contributed by atoms with van der Waals surface area (Å²) < 4.78 is 2.60. The van der Waals surface area contributed by atoms with Gasteiger partial charge in [0.1, 0.15) is 0 Å². The van der Waals surface area contributed by atoms with Crippen molar-refractivity contribution in [1.29, 1.82) is 0 Å². The van der Waals surface area contributed by atoms with E-state index in [4.69, 9.17) is 0 Å². The molecule has 93 valence electrons. The minimum absolute atomic E-state index is 0.776. The van der Waals surface area contributed by atoms with E-state index in [1.165, 1.54) is 27.5 Å². The molecule has 0 amide bonds. The molecule has 0 bridgehead atoms. The molecule has 0 aromatic heterocycles. The molecule has 0 heterocycles. The summed E-state index contributed by atoms with van der Waals surface area (Å²) >= 11 is 1.06. The van der Waals surface area contributed by atoms with Crippen LogP contribution in [0.25, 0.3) is 0 Å². The summed E-state index contributed by atoms with van der Waals surface area (Å²) in [5.41, 5.74) is 2.29.